The minimum atomic E-state index is 0.607. The van der Waals surface area contributed by atoms with Gasteiger partial charge >= 0.3 is 0 Å². The van der Waals surface area contributed by atoms with Crippen molar-refractivity contribution in [2.45, 2.75) is 25.8 Å². The van der Waals surface area contributed by atoms with E-state index < -0.39 is 0 Å². The Morgan fingerprint density at radius 3 is 2.50 bits per heavy atom. The van der Waals surface area contributed by atoms with Crippen LogP contribution in [-0.4, -0.2) is 31.2 Å². The zero-order chi connectivity index (χ0) is 15.5. The van der Waals surface area contributed by atoms with Crippen molar-refractivity contribution in [3.05, 3.63) is 52.6 Å². The SMILES string of the molecule is Cc1cc(N2CCC(N(C)c3ccccc3)CC2)ncc1Br. The van der Waals surface area contributed by atoms with Gasteiger partial charge in [0.05, 0.1) is 0 Å². The second-order valence-electron chi connectivity index (χ2n) is 5.96. The number of aromatic nitrogens is 1. The number of benzene rings is 1. The Kier molecular flexibility index (Phi) is 4.67. The number of pyridine rings is 1. The van der Waals surface area contributed by atoms with Gasteiger partial charge < -0.3 is 9.80 Å². The lowest BCUT2D eigenvalue weighted by Gasteiger charge is -2.38. The molecule has 0 saturated carbocycles. The lowest BCUT2D eigenvalue weighted by atomic mass is 10.0. The van der Waals surface area contributed by atoms with E-state index >= 15 is 0 Å². The van der Waals surface area contributed by atoms with Crippen LogP contribution in [0.5, 0.6) is 0 Å². The first-order chi connectivity index (χ1) is 10.6. The Balaban J connectivity index is 1.64. The fourth-order valence-corrected chi connectivity index (χ4v) is 3.27. The normalized spacial score (nSPS) is 15.9. The number of para-hydroxylation sites is 1. The summed E-state index contributed by atoms with van der Waals surface area (Å²) in [4.78, 5) is 9.37. The lowest BCUT2D eigenvalue weighted by molar-refractivity contribution is 0.480. The molecule has 1 aromatic heterocycles. The molecule has 0 amide bonds. The Hall–Kier alpha value is -1.55. The summed E-state index contributed by atoms with van der Waals surface area (Å²) in [6.45, 7) is 4.25. The lowest BCUT2D eigenvalue weighted by Crippen LogP contribution is -2.43. The Morgan fingerprint density at radius 2 is 1.86 bits per heavy atom. The minimum absolute atomic E-state index is 0.607. The molecule has 1 aliphatic heterocycles. The third-order valence-electron chi connectivity index (χ3n) is 4.53. The topological polar surface area (TPSA) is 19.4 Å². The maximum absolute atomic E-state index is 4.56. The van der Waals surface area contributed by atoms with Crippen molar-refractivity contribution in [1.29, 1.82) is 0 Å². The highest BCUT2D eigenvalue weighted by Gasteiger charge is 2.23. The van der Waals surface area contributed by atoms with Crippen LogP contribution in [-0.2, 0) is 0 Å². The summed E-state index contributed by atoms with van der Waals surface area (Å²) in [5.41, 5.74) is 2.55. The minimum Gasteiger partial charge on any atom is -0.371 e. The molecule has 2 heterocycles. The molecule has 0 atom stereocenters. The highest BCUT2D eigenvalue weighted by molar-refractivity contribution is 9.10. The van der Waals surface area contributed by atoms with Crippen LogP contribution < -0.4 is 9.80 Å². The largest absolute Gasteiger partial charge is 0.371 e. The van der Waals surface area contributed by atoms with E-state index in [1.54, 1.807) is 0 Å². The molecule has 0 radical (unpaired) electrons. The molecule has 3 nitrogen and oxygen atoms in total. The van der Waals surface area contributed by atoms with Crippen LogP contribution in [0.3, 0.4) is 0 Å². The molecule has 116 valence electrons. The monoisotopic (exact) mass is 359 g/mol. The number of hydrogen-bond donors (Lipinski definition) is 0. The summed E-state index contributed by atoms with van der Waals surface area (Å²) in [5.74, 6) is 1.10. The number of piperidine rings is 1. The van der Waals surface area contributed by atoms with Gasteiger partial charge in [0.1, 0.15) is 5.82 Å². The standard InChI is InChI=1S/C18H22BrN3/c1-14-12-18(20-13-17(14)19)22-10-8-16(9-11-22)21(2)15-6-4-3-5-7-15/h3-7,12-13,16H,8-11H2,1-2H3. The van der Waals surface area contributed by atoms with Gasteiger partial charge in [0, 0.05) is 42.5 Å². The van der Waals surface area contributed by atoms with Crippen molar-refractivity contribution in [1.82, 2.24) is 4.98 Å². The van der Waals surface area contributed by atoms with E-state index in [1.807, 2.05) is 6.20 Å². The van der Waals surface area contributed by atoms with Gasteiger partial charge in [-0.1, -0.05) is 18.2 Å². The average molecular weight is 360 g/mol. The van der Waals surface area contributed by atoms with E-state index in [0.717, 1.165) is 23.4 Å². The molecule has 0 unspecified atom stereocenters. The van der Waals surface area contributed by atoms with Crippen LogP contribution in [0, 0.1) is 6.92 Å². The van der Waals surface area contributed by atoms with Crippen LogP contribution >= 0.6 is 15.9 Å². The van der Waals surface area contributed by atoms with Crippen LogP contribution in [0.1, 0.15) is 18.4 Å². The fourth-order valence-electron chi connectivity index (χ4n) is 3.05. The maximum atomic E-state index is 4.56. The molecule has 1 aliphatic rings. The van der Waals surface area contributed by atoms with Crippen molar-refractivity contribution in [2.24, 2.45) is 0 Å². The van der Waals surface area contributed by atoms with Gasteiger partial charge in [-0.25, -0.2) is 4.98 Å². The van der Waals surface area contributed by atoms with E-state index in [9.17, 15) is 0 Å². The molecular weight excluding hydrogens is 338 g/mol. The predicted molar refractivity (Wildman–Crippen MR) is 96.8 cm³/mol. The first-order valence-electron chi connectivity index (χ1n) is 7.80. The fraction of sp³-hybridized carbons (Fsp3) is 0.389. The van der Waals surface area contributed by atoms with Crippen LogP contribution in [0.15, 0.2) is 47.1 Å². The van der Waals surface area contributed by atoms with Crippen molar-refractivity contribution < 1.29 is 0 Å². The summed E-state index contributed by atoms with van der Waals surface area (Å²) in [6.07, 6.45) is 4.25. The Morgan fingerprint density at radius 1 is 1.18 bits per heavy atom. The summed E-state index contributed by atoms with van der Waals surface area (Å²) < 4.78 is 1.08. The average Bonchev–Trinajstić information content (AvgIpc) is 2.58. The third-order valence-corrected chi connectivity index (χ3v) is 5.36. The van der Waals surface area contributed by atoms with Gasteiger partial charge in [-0.05, 0) is 59.5 Å². The van der Waals surface area contributed by atoms with Gasteiger partial charge in [-0.3, -0.25) is 0 Å². The summed E-state index contributed by atoms with van der Waals surface area (Å²) >= 11 is 3.52. The van der Waals surface area contributed by atoms with Crippen LogP contribution in [0.2, 0.25) is 0 Å². The van der Waals surface area contributed by atoms with Crippen molar-refractivity contribution in [2.75, 3.05) is 29.9 Å². The van der Waals surface area contributed by atoms with Crippen molar-refractivity contribution in [3.8, 4) is 0 Å². The quantitative estimate of drug-likeness (QED) is 0.816. The number of hydrogen-bond acceptors (Lipinski definition) is 3. The molecule has 0 aliphatic carbocycles. The van der Waals surface area contributed by atoms with Gasteiger partial charge in [-0.15, -0.1) is 0 Å². The molecule has 0 bridgehead atoms. The second kappa shape index (κ2) is 6.69. The summed E-state index contributed by atoms with van der Waals surface area (Å²) in [6, 6.07) is 13.4. The number of halogens is 1. The van der Waals surface area contributed by atoms with E-state index in [-0.39, 0.29) is 0 Å². The molecule has 3 rings (SSSR count). The number of nitrogens with zero attached hydrogens (tertiary/aromatic N) is 3. The van der Waals surface area contributed by atoms with Crippen molar-refractivity contribution in [3.63, 3.8) is 0 Å². The van der Waals surface area contributed by atoms with E-state index in [2.05, 4.69) is 81.1 Å². The van der Waals surface area contributed by atoms with E-state index in [1.165, 1.54) is 24.1 Å². The van der Waals surface area contributed by atoms with Gasteiger partial charge in [0.15, 0.2) is 0 Å². The zero-order valence-electron chi connectivity index (χ0n) is 13.2. The number of anilines is 2. The molecule has 1 saturated heterocycles. The van der Waals surface area contributed by atoms with E-state index in [0.29, 0.717) is 6.04 Å². The van der Waals surface area contributed by atoms with E-state index in [4.69, 9.17) is 0 Å². The summed E-state index contributed by atoms with van der Waals surface area (Å²) in [7, 11) is 2.21. The molecule has 0 N–H and O–H groups in total. The summed E-state index contributed by atoms with van der Waals surface area (Å²) in [5, 5.41) is 0. The maximum Gasteiger partial charge on any atom is 0.128 e. The van der Waals surface area contributed by atoms with Gasteiger partial charge in [0.2, 0.25) is 0 Å². The number of rotatable bonds is 3. The molecular formula is C18H22BrN3. The Bertz CT molecular complexity index is 621. The molecule has 1 aromatic carbocycles. The second-order valence-corrected chi connectivity index (χ2v) is 6.81. The zero-order valence-corrected chi connectivity index (χ0v) is 14.8. The van der Waals surface area contributed by atoms with Crippen LogP contribution in [0.4, 0.5) is 11.5 Å². The first kappa shape index (κ1) is 15.3. The van der Waals surface area contributed by atoms with Crippen LogP contribution in [0.25, 0.3) is 0 Å². The smallest absolute Gasteiger partial charge is 0.128 e. The van der Waals surface area contributed by atoms with Crippen molar-refractivity contribution >= 4 is 27.4 Å². The Labute approximate surface area is 141 Å². The predicted octanol–water partition coefficient (Wildman–Crippen LogP) is 4.26. The molecule has 0 spiro atoms. The molecule has 1 fully saturated rings. The van der Waals surface area contributed by atoms with Gasteiger partial charge in [-0.2, -0.15) is 0 Å². The first-order valence-corrected chi connectivity index (χ1v) is 8.59. The highest BCUT2D eigenvalue weighted by atomic mass is 79.9. The molecule has 4 heteroatoms. The highest BCUT2D eigenvalue weighted by Crippen LogP contribution is 2.26. The molecule has 22 heavy (non-hydrogen) atoms. The molecule has 2 aromatic rings. The third kappa shape index (κ3) is 3.27. The van der Waals surface area contributed by atoms with Gasteiger partial charge in [0.25, 0.3) is 0 Å². The number of aryl methyl sites for hydroxylation is 1.